The topological polar surface area (TPSA) is 59.8 Å². The molecular weight excluding hydrogens is 376 g/mol. The second kappa shape index (κ2) is 8.99. The normalized spacial score (nSPS) is 13.7. The van der Waals surface area contributed by atoms with Crippen molar-refractivity contribution in [3.63, 3.8) is 0 Å². The minimum atomic E-state index is -0.565. The highest BCUT2D eigenvalue weighted by Crippen LogP contribution is 2.29. The molecule has 0 saturated carbocycles. The molecule has 0 spiro atoms. The summed E-state index contributed by atoms with van der Waals surface area (Å²) in [6.07, 6.45) is 9.54. The molecule has 1 amide bonds. The summed E-state index contributed by atoms with van der Waals surface area (Å²) in [5, 5.41) is 2.82. The Hall–Kier alpha value is -3.34. The third kappa shape index (κ3) is 4.15. The fourth-order valence-electron chi connectivity index (χ4n) is 4.00. The van der Waals surface area contributed by atoms with Gasteiger partial charge >= 0.3 is 0 Å². The molecule has 0 radical (unpaired) electrons. The van der Waals surface area contributed by atoms with Crippen LogP contribution in [0.1, 0.15) is 42.6 Å². The Bertz CT molecular complexity index is 1090. The first-order valence-electron chi connectivity index (χ1n) is 10.4. The number of carbonyl (C=O) groups is 2. The molecule has 154 valence electrons. The molecule has 3 aromatic rings. The average molecular weight is 402 g/mol. The number of amides is 1. The summed E-state index contributed by atoms with van der Waals surface area (Å²) in [6.45, 7) is 0.484. The maximum absolute atomic E-state index is 13.1. The van der Waals surface area contributed by atoms with E-state index in [-0.39, 0.29) is 0 Å². The molecule has 0 atom stereocenters. The molecule has 1 aliphatic rings. The lowest BCUT2D eigenvalue weighted by molar-refractivity contribution is -0.117. The monoisotopic (exact) mass is 402 g/mol. The van der Waals surface area contributed by atoms with Crippen molar-refractivity contribution in [1.82, 2.24) is 9.72 Å². The van der Waals surface area contributed by atoms with Gasteiger partial charge in [-0.1, -0.05) is 29.8 Å². The van der Waals surface area contributed by atoms with Crippen LogP contribution in [-0.4, -0.2) is 29.7 Å². The molecule has 5 nitrogen and oxygen atoms in total. The van der Waals surface area contributed by atoms with Gasteiger partial charge in [-0.25, -0.2) is 0 Å². The zero-order chi connectivity index (χ0) is 20.9. The number of hydrogen-bond acceptors (Lipinski definition) is 3. The highest BCUT2D eigenvalue weighted by atomic mass is 16.5. The standard InChI is InChI=1S/C25H26N2O3/c1-30-21-12-10-19(11-13-21)22-17-20-9-5-6-16-27(20)23(22)24(28)25(29)26-15-14-18-7-3-2-4-8-18/h5-7,9-13,16-17H,2-4,8,14-15H2,1H3,(H,26,29). The minimum Gasteiger partial charge on any atom is -0.497 e. The van der Waals surface area contributed by atoms with E-state index in [1.165, 1.54) is 18.4 Å². The summed E-state index contributed by atoms with van der Waals surface area (Å²) < 4.78 is 7.02. The maximum atomic E-state index is 13.1. The number of hydrogen-bond donors (Lipinski definition) is 1. The van der Waals surface area contributed by atoms with Gasteiger partial charge < -0.3 is 14.5 Å². The number of rotatable bonds is 7. The summed E-state index contributed by atoms with van der Waals surface area (Å²) >= 11 is 0. The Kier molecular flexibility index (Phi) is 5.98. The molecule has 4 rings (SSSR count). The van der Waals surface area contributed by atoms with Crippen LogP contribution in [-0.2, 0) is 4.79 Å². The fourth-order valence-corrected chi connectivity index (χ4v) is 4.00. The Balaban J connectivity index is 1.59. The predicted molar refractivity (Wildman–Crippen MR) is 118 cm³/mol. The first-order chi connectivity index (χ1) is 14.7. The van der Waals surface area contributed by atoms with E-state index in [2.05, 4.69) is 11.4 Å². The highest BCUT2D eigenvalue weighted by Gasteiger charge is 2.24. The van der Waals surface area contributed by atoms with Gasteiger partial charge in [0, 0.05) is 23.8 Å². The number of aromatic nitrogens is 1. The number of nitrogens with one attached hydrogen (secondary N) is 1. The molecule has 0 fully saturated rings. The SMILES string of the molecule is COc1ccc(-c2cc3ccccn3c2C(=O)C(=O)NCCC2=CCCCC2)cc1. The van der Waals surface area contributed by atoms with Gasteiger partial charge in [-0.05, 0) is 68.0 Å². The van der Waals surface area contributed by atoms with Crippen molar-refractivity contribution >= 4 is 17.2 Å². The first kappa shape index (κ1) is 20.0. The van der Waals surface area contributed by atoms with Gasteiger partial charge in [0.05, 0.1) is 7.11 Å². The Morgan fingerprint density at radius 1 is 1.10 bits per heavy atom. The molecule has 2 heterocycles. The second-order valence-electron chi connectivity index (χ2n) is 7.57. The zero-order valence-electron chi connectivity index (χ0n) is 17.2. The van der Waals surface area contributed by atoms with E-state index in [4.69, 9.17) is 4.74 Å². The lowest BCUT2D eigenvalue weighted by Crippen LogP contribution is -2.33. The van der Waals surface area contributed by atoms with Gasteiger partial charge in [-0.2, -0.15) is 0 Å². The maximum Gasteiger partial charge on any atom is 0.294 e. The number of ether oxygens (including phenoxy) is 1. The number of ketones is 1. The third-order valence-electron chi connectivity index (χ3n) is 5.62. The van der Waals surface area contributed by atoms with E-state index >= 15 is 0 Å². The average Bonchev–Trinajstić information content (AvgIpc) is 3.19. The molecule has 5 heteroatoms. The highest BCUT2D eigenvalue weighted by molar-refractivity contribution is 6.43. The zero-order valence-corrected chi connectivity index (χ0v) is 17.2. The van der Waals surface area contributed by atoms with Crippen molar-refractivity contribution in [2.45, 2.75) is 32.1 Å². The number of benzene rings is 1. The van der Waals surface area contributed by atoms with Crippen molar-refractivity contribution in [3.05, 3.63) is 72.1 Å². The number of fused-ring (bicyclic) bond motifs is 1. The fraction of sp³-hybridized carbons (Fsp3) is 0.280. The summed E-state index contributed by atoms with van der Waals surface area (Å²) in [6, 6.07) is 15.1. The lowest BCUT2D eigenvalue weighted by Gasteiger charge is -2.13. The number of methoxy groups -OCH3 is 1. The van der Waals surface area contributed by atoms with E-state index in [9.17, 15) is 9.59 Å². The van der Waals surface area contributed by atoms with E-state index in [0.717, 1.165) is 41.7 Å². The van der Waals surface area contributed by atoms with Crippen LogP contribution in [0, 0.1) is 0 Å². The van der Waals surface area contributed by atoms with Crippen LogP contribution in [0.25, 0.3) is 16.6 Å². The first-order valence-corrected chi connectivity index (χ1v) is 10.4. The van der Waals surface area contributed by atoms with Crippen LogP contribution in [0.3, 0.4) is 0 Å². The number of allylic oxidation sites excluding steroid dienone is 1. The van der Waals surface area contributed by atoms with E-state index in [1.54, 1.807) is 11.5 Å². The quantitative estimate of drug-likeness (QED) is 0.351. The summed E-state index contributed by atoms with van der Waals surface area (Å²) in [5.41, 5.74) is 4.22. The van der Waals surface area contributed by atoms with Crippen molar-refractivity contribution in [3.8, 4) is 16.9 Å². The van der Waals surface area contributed by atoms with Crippen LogP contribution in [0.4, 0.5) is 0 Å². The van der Waals surface area contributed by atoms with Crippen molar-refractivity contribution in [2.75, 3.05) is 13.7 Å². The largest absolute Gasteiger partial charge is 0.497 e. The number of carbonyl (C=O) groups excluding carboxylic acids is 2. The molecule has 1 N–H and O–H groups in total. The van der Waals surface area contributed by atoms with Crippen LogP contribution in [0.15, 0.2) is 66.4 Å². The van der Waals surface area contributed by atoms with Crippen LogP contribution in [0.2, 0.25) is 0 Å². The number of pyridine rings is 1. The predicted octanol–water partition coefficient (Wildman–Crippen LogP) is 4.80. The summed E-state index contributed by atoms with van der Waals surface area (Å²) in [4.78, 5) is 25.8. The van der Waals surface area contributed by atoms with E-state index < -0.39 is 11.7 Å². The molecule has 30 heavy (non-hydrogen) atoms. The van der Waals surface area contributed by atoms with Gasteiger partial charge in [-0.15, -0.1) is 0 Å². The molecule has 1 aliphatic carbocycles. The molecule has 0 bridgehead atoms. The van der Waals surface area contributed by atoms with Gasteiger partial charge in [0.2, 0.25) is 0 Å². The smallest absolute Gasteiger partial charge is 0.294 e. The number of nitrogens with zero attached hydrogens (tertiary/aromatic N) is 1. The summed E-state index contributed by atoms with van der Waals surface area (Å²) in [5.74, 6) is -0.347. The molecule has 0 unspecified atom stereocenters. The van der Waals surface area contributed by atoms with Crippen LogP contribution < -0.4 is 10.1 Å². The molecule has 0 saturated heterocycles. The van der Waals surface area contributed by atoms with Gasteiger partial charge in [0.1, 0.15) is 11.4 Å². The molecular formula is C25H26N2O3. The van der Waals surface area contributed by atoms with Crippen LogP contribution >= 0.6 is 0 Å². The Morgan fingerprint density at radius 2 is 1.93 bits per heavy atom. The van der Waals surface area contributed by atoms with Gasteiger partial charge in [0.25, 0.3) is 11.7 Å². The lowest BCUT2D eigenvalue weighted by atomic mass is 9.97. The van der Waals surface area contributed by atoms with Crippen molar-refractivity contribution in [1.29, 1.82) is 0 Å². The van der Waals surface area contributed by atoms with Crippen LogP contribution in [0.5, 0.6) is 5.75 Å². The second-order valence-corrected chi connectivity index (χ2v) is 7.57. The number of Topliss-reactive ketones (excluding diaryl/α,β-unsaturated/α-hetero) is 1. The third-order valence-corrected chi connectivity index (χ3v) is 5.62. The van der Waals surface area contributed by atoms with E-state index in [0.29, 0.717) is 12.2 Å². The molecule has 0 aliphatic heterocycles. The molecule has 1 aromatic carbocycles. The minimum absolute atomic E-state index is 0.380. The van der Waals surface area contributed by atoms with Gasteiger partial charge in [0.15, 0.2) is 0 Å². The van der Waals surface area contributed by atoms with Crippen molar-refractivity contribution in [2.24, 2.45) is 0 Å². The summed E-state index contributed by atoms with van der Waals surface area (Å²) in [7, 11) is 1.62. The van der Waals surface area contributed by atoms with E-state index in [1.807, 2.05) is 54.7 Å². The Morgan fingerprint density at radius 3 is 2.67 bits per heavy atom. The Labute approximate surface area is 176 Å². The molecule has 2 aromatic heterocycles. The van der Waals surface area contributed by atoms with Gasteiger partial charge in [-0.3, -0.25) is 9.59 Å². The van der Waals surface area contributed by atoms with Crippen molar-refractivity contribution < 1.29 is 14.3 Å².